The Morgan fingerprint density at radius 1 is 1.67 bits per heavy atom. The lowest BCUT2D eigenvalue weighted by Crippen LogP contribution is -2.29. The number of amides is 1. The molecule has 1 aliphatic heterocycles. The van der Waals surface area contributed by atoms with Crippen LogP contribution in [0.5, 0.6) is 0 Å². The lowest BCUT2D eigenvalue weighted by Gasteiger charge is -2.16. The number of alkyl halides is 1. The highest BCUT2D eigenvalue weighted by Gasteiger charge is 2.25. The monoisotopic (exact) mass is 268 g/mol. The van der Waals surface area contributed by atoms with Gasteiger partial charge in [0.05, 0.1) is 5.56 Å². The second-order valence-corrected chi connectivity index (χ2v) is 5.07. The maximum atomic E-state index is 12.1. The molecule has 15 heavy (non-hydrogen) atoms. The standard InChI is InChI=1S/C11H13BrN2O/c1-8-10(3-2-5-13-8)11(15)14-6-4-9(12)7-14/h2-3,5,9H,4,6-7H2,1H3. The molecule has 2 heterocycles. The summed E-state index contributed by atoms with van der Waals surface area (Å²) in [4.78, 5) is 18.5. The maximum Gasteiger partial charge on any atom is 0.255 e. The van der Waals surface area contributed by atoms with Crippen LogP contribution in [0.1, 0.15) is 22.5 Å². The first kappa shape index (κ1) is 10.6. The molecular formula is C11H13BrN2O. The minimum atomic E-state index is 0.0996. The molecule has 1 saturated heterocycles. The molecule has 0 spiro atoms. The molecule has 0 aromatic carbocycles. The van der Waals surface area contributed by atoms with E-state index in [1.54, 1.807) is 6.20 Å². The zero-order chi connectivity index (χ0) is 10.8. The van der Waals surface area contributed by atoms with Gasteiger partial charge < -0.3 is 4.90 Å². The van der Waals surface area contributed by atoms with E-state index in [0.29, 0.717) is 4.83 Å². The minimum Gasteiger partial charge on any atom is -0.337 e. The van der Waals surface area contributed by atoms with Gasteiger partial charge in [0, 0.05) is 29.8 Å². The Bertz CT molecular complexity index is 381. The predicted octanol–water partition coefficient (Wildman–Crippen LogP) is 2.00. The normalized spacial score (nSPS) is 20.7. The van der Waals surface area contributed by atoms with Crippen molar-refractivity contribution >= 4 is 21.8 Å². The van der Waals surface area contributed by atoms with Crippen LogP contribution >= 0.6 is 15.9 Å². The zero-order valence-electron chi connectivity index (χ0n) is 8.61. The Hall–Kier alpha value is -0.900. The van der Waals surface area contributed by atoms with Gasteiger partial charge in [0.25, 0.3) is 5.91 Å². The van der Waals surface area contributed by atoms with Gasteiger partial charge >= 0.3 is 0 Å². The average molecular weight is 269 g/mol. The first-order valence-corrected chi connectivity index (χ1v) is 5.95. The molecular weight excluding hydrogens is 256 g/mol. The summed E-state index contributed by atoms with van der Waals surface area (Å²) in [6, 6.07) is 3.65. The topological polar surface area (TPSA) is 33.2 Å². The van der Waals surface area contributed by atoms with Crippen molar-refractivity contribution in [3.63, 3.8) is 0 Å². The number of rotatable bonds is 1. The van der Waals surface area contributed by atoms with Crippen molar-refractivity contribution in [2.75, 3.05) is 13.1 Å². The summed E-state index contributed by atoms with van der Waals surface area (Å²) in [5, 5.41) is 0. The summed E-state index contributed by atoms with van der Waals surface area (Å²) in [5.74, 6) is 0.0996. The highest BCUT2D eigenvalue weighted by atomic mass is 79.9. The quantitative estimate of drug-likeness (QED) is 0.730. The molecule has 1 unspecified atom stereocenters. The Balaban J connectivity index is 2.18. The van der Waals surface area contributed by atoms with E-state index in [9.17, 15) is 4.79 Å². The molecule has 0 radical (unpaired) electrons. The lowest BCUT2D eigenvalue weighted by molar-refractivity contribution is 0.0792. The fourth-order valence-corrected chi connectivity index (χ4v) is 2.34. The van der Waals surface area contributed by atoms with Crippen LogP contribution in [0.15, 0.2) is 18.3 Å². The van der Waals surface area contributed by atoms with Crippen LogP contribution in [0.25, 0.3) is 0 Å². The van der Waals surface area contributed by atoms with E-state index in [-0.39, 0.29) is 5.91 Å². The second-order valence-electron chi connectivity index (χ2n) is 3.77. The van der Waals surface area contributed by atoms with Gasteiger partial charge in [-0.25, -0.2) is 0 Å². The Morgan fingerprint density at radius 3 is 3.07 bits per heavy atom. The summed E-state index contributed by atoms with van der Waals surface area (Å²) in [5.41, 5.74) is 1.53. The minimum absolute atomic E-state index is 0.0996. The number of pyridine rings is 1. The van der Waals surface area contributed by atoms with Gasteiger partial charge in [-0.1, -0.05) is 15.9 Å². The molecule has 0 saturated carbocycles. The van der Waals surface area contributed by atoms with E-state index in [2.05, 4.69) is 20.9 Å². The van der Waals surface area contributed by atoms with Crippen molar-refractivity contribution in [3.05, 3.63) is 29.6 Å². The number of hydrogen-bond acceptors (Lipinski definition) is 2. The first-order valence-electron chi connectivity index (χ1n) is 5.03. The zero-order valence-corrected chi connectivity index (χ0v) is 10.2. The average Bonchev–Trinajstić information content (AvgIpc) is 2.65. The van der Waals surface area contributed by atoms with E-state index in [4.69, 9.17) is 0 Å². The van der Waals surface area contributed by atoms with Gasteiger partial charge in [-0.2, -0.15) is 0 Å². The van der Waals surface area contributed by atoms with Crippen LogP contribution in [-0.4, -0.2) is 33.7 Å². The van der Waals surface area contributed by atoms with Crippen LogP contribution in [0, 0.1) is 6.92 Å². The summed E-state index contributed by atoms with van der Waals surface area (Å²) < 4.78 is 0. The third kappa shape index (κ3) is 2.20. The Labute approximate surface area is 97.6 Å². The van der Waals surface area contributed by atoms with Gasteiger partial charge in [0.2, 0.25) is 0 Å². The number of carbonyl (C=O) groups is 1. The van der Waals surface area contributed by atoms with E-state index in [1.165, 1.54) is 0 Å². The van der Waals surface area contributed by atoms with Gasteiger partial charge in [-0.15, -0.1) is 0 Å². The van der Waals surface area contributed by atoms with Crippen molar-refractivity contribution in [3.8, 4) is 0 Å². The summed E-state index contributed by atoms with van der Waals surface area (Å²) >= 11 is 3.53. The van der Waals surface area contributed by atoms with Crippen LogP contribution in [0.2, 0.25) is 0 Å². The van der Waals surface area contributed by atoms with E-state index >= 15 is 0 Å². The van der Waals surface area contributed by atoms with Crippen molar-refractivity contribution in [2.24, 2.45) is 0 Å². The van der Waals surface area contributed by atoms with Gasteiger partial charge in [-0.3, -0.25) is 9.78 Å². The molecule has 1 aromatic rings. The van der Waals surface area contributed by atoms with E-state index in [0.717, 1.165) is 30.8 Å². The third-order valence-electron chi connectivity index (χ3n) is 2.66. The van der Waals surface area contributed by atoms with Crippen LogP contribution < -0.4 is 0 Å². The molecule has 1 fully saturated rings. The molecule has 4 heteroatoms. The number of hydrogen-bond donors (Lipinski definition) is 0. The maximum absolute atomic E-state index is 12.1. The third-order valence-corrected chi connectivity index (χ3v) is 3.40. The Kier molecular flexibility index (Phi) is 3.05. The fourth-order valence-electron chi connectivity index (χ4n) is 1.78. The summed E-state index contributed by atoms with van der Waals surface area (Å²) in [6.45, 7) is 3.51. The van der Waals surface area contributed by atoms with Crippen molar-refractivity contribution in [1.82, 2.24) is 9.88 Å². The number of nitrogens with zero attached hydrogens (tertiary/aromatic N) is 2. The molecule has 3 nitrogen and oxygen atoms in total. The largest absolute Gasteiger partial charge is 0.337 e. The van der Waals surface area contributed by atoms with Gasteiger partial charge in [0.15, 0.2) is 0 Å². The number of aromatic nitrogens is 1. The van der Waals surface area contributed by atoms with Crippen molar-refractivity contribution < 1.29 is 4.79 Å². The molecule has 0 aliphatic carbocycles. The fraction of sp³-hybridized carbons (Fsp3) is 0.455. The SMILES string of the molecule is Cc1ncccc1C(=O)N1CCC(Br)C1. The van der Waals surface area contributed by atoms with E-state index in [1.807, 2.05) is 24.0 Å². The summed E-state index contributed by atoms with van der Waals surface area (Å²) in [7, 11) is 0. The molecule has 0 N–H and O–H groups in total. The smallest absolute Gasteiger partial charge is 0.255 e. The molecule has 1 aliphatic rings. The molecule has 0 bridgehead atoms. The highest BCUT2D eigenvalue weighted by Crippen LogP contribution is 2.19. The molecule has 1 aromatic heterocycles. The summed E-state index contributed by atoms with van der Waals surface area (Å²) in [6.07, 6.45) is 2.74. The highest BCUT2D eigenvalue weighted by molar-refractivity contribution is 9.09. The number of carbonyl (C=O) groups excluding carboxylic acids is 1. The van der Waals surface area contributed by atoms with Gasteiger partial charge in [0.1, 0.15) is 0 Å². The Morgan fingerprint density at radius 2 is 2.47 bits per heavy atom. The van der Waals surface area contributed by atoms with Gasteiger partial charge in [-0.05, 0) is 25.5 Å². The number of halogens is 1. The lowest BCUT2D eigenvalue weighted by atomic mass is 10.2. The van der Waals surface area contributed by atoms with Crippen molar-refractivity contribution in [2.45, 2.75) is 18.2 Å². The van der Waals surface area contributed by atoms with Crippen LogP contribution in [0.3, 0.4) is 0 Å². The number of aryl methyl sites for hydroxylation is 1. The van der Waals surface area contributed by atoms with Crippen LogP contribution in [-0.2, 0) is 0 Å². The second kappa shape index (κ2) is 4.31. The van der Waals surface area contributed by atoms with Crippen molar-refractivity contribution in [1.29, 1.82) is 0 Å². The predicted molar refractivity (Wildman–Crippen MR) is 62.2 cm³/mol. The van der Waals surface area contributed by atoms with E-state index < -0.39 is 0 Å². The number of likely N-dealkylation sites (tertiary alicyclic amines) is 1. The molecule has 1 amide bonds. The molecule has 2 rings (SSSR count). The van der Waals surface area contributed by atoms with Crippen LogP contribution in [0.4, 0.5) is 0 Å². The first-order chi connectivity index (χ1) is 7.18. The molecule has 1 atom stereocenters. The molecule has 80 valence electrons.